The van der Waals surface area contributed by atoms with Crippen LogP contribution in [0.4, 0.5) is 0 Å². The maximum absolute atomic E-state index is 10.5. The zero-order valence-electron chi connectivity index (χ0n) is 13.3. The smallest absolute Gasteiger partial charge is 0.118 e. The summed E-state index contributed by atoms with van der Waals surface area (Å²) in [6.45, 7) is 7.64. The van der Waals surface area contributed by atoms with Crippen molar-refractivity contribution in [3.05, 3.63) is 42.5 Å². The minimum atomic E-state index is -0.224. The lowest BCUT2D eigenvalue weighted by atomic mass is 10.1. The third-order valence-corrected chi connectivity index (χ3v) is 5.00. The number of aliphatic hydroxyl groups is 1. The van der Waals surface area contributed by atoms with Gasteiger partial charge in [0.2, 0.25) is 0 Å². The number of hydrogen-bond acceptors (Lipinski definition) is 4. The van der Waals surface area contributed by atoms with Gasteiger partial charge in [-0.1, -0.05) is 18.2 Å². The van der Waals surface area contributed by atoms with Crippen LogP contribution in [0.2, 0.25) is 0 Å². The molecule has 3 atom stereocenters. The number of rotatable bonds is 5. The van der Waals surface area contributed by atoms with Crippen LogP contribution in [0.1, 0.15) is 18.4 Å². The van der Waals surface area contributed by atoms with E-state index in [9.17, 15) is 5.11 Å². The molecule has 3 aliphatic rings. The fourth-order valence-electron chi connectivity index (χ4n) is 3.76. The second-order valence-electron chi connectivity index (χ2n) is 6.39. The van der Waals surface area contributed by atoms with Gasteiger partial charge in [0.1, 0.15) is 5.75 Å². The molecule has 0 saturated carbocycles. The Labute approximate surface area is 133 Å². The van der Waals surface area contributed by atoms with Gasteiger partial charge in [-0.25, -0.2) is 0 Å². The third kappa shape index (κ3) is 3.19. The van der Waals surface area contributed by atoms with E-state index in [4.69, 9.17) is 4.74 Å². The zero-order valence-corrected chi connectivity index (χ0v) is 13.3. The SMILES string of the molecule is C=CCN1C[C@H]2[C@H](O)CC[C@@H]1CN2Cc1ccc(OC)cc1. The molecule has 4 rings (SSSR count). The molecule has 1 N–H and O–H groups in total. The molecule has 0 unspecified atom stereocenters. The predicted molar refractivity (Wildman–Crippen MR) is 88.0 cm³/mol. The van der Waals surface area contributed by atoms with E-state index in [2.05, 4.69) is 28.5 Å². The van der Waals surface area contributed by atoms with Crippen LogP contribution in [0.5, 0.6) is 5.75 Å². The summed E-state index contributed by atoms with van der Waals surface area (Å²) in [4.78, 5) is 4.92. The summed E-state index contributed by atoms with van der Waals surface area (Å²) in [5.41, 5.74) is 1.27. The van der Waals surface area contributed by atoms with Gasteiger partial charge in [0.25, 0.3) is 0 Å². The molecule has 0 aliphatic carbocycles. The van der Waals surface area contributed by atoms with E-state index in [0.29, 0.717) is 6.04 Å². The number of nitrogens with zero attached hydrogens (tertiary/aromatic N) is 2. The first kappa shape index (κ1) is 15.5. The highest BCUT2D eigenvalue weighted by Gasteiger charge is 2.40. The number of ether oxygens (including phenoxy) is 1. The zero-order chi connectivity index (χ0) is 15.5. The molecule has 4 heteroatoms. The standard InChI is InChI=1S/C18H26N2O2/c1-3-10-19-13-17-18(21)9-6-15(19)12-20(17)11-14-4-7-16(22-2)8-5-14/h3-5,7-8,15,17-18,21H,1,6,9-13H2,2H3/t15-,17+,18-/m1/s1. The molecule has 3 saturated heterocycles. The van der Waals surface area contributed by atoms with Crippen molar-refractivity contribution < 1.29 is 9.84 Å². The molecule has 1 aromatic carbocycles. The number of aliphatic hydroxyl groups excluding tert-OH is 1. The lowest BCUT2D eigenvalue weighted by Crippen LogP contribution is -2.58. The highest BCUT2D eigenvalue weighted by molar-refractivity contribution is 5.27. The number of methoxy groups -OCH3 is 1. The Morgan fingerprint density at radius 1 is 1.23 bits per heavy atom. The molecule has 120 valence electrons. The van der Waals surface area contributed by atoms with Crippen molar-refractivity contribution in [2.24, 2.45) is 0 Å². The topological polar surface area (TPSA) is 35.9 Å². The summed E-state index contributed by atoms with van der Waals surface area (Å²) < 4.78 is 5.22. The van der Waals surface area contributed by atoms with Crippen molar-refractivity contribution in [3.63, 3.8) is 0 Å². The highest BCUT2D eigenvalue weighted by Crippen LogP contribution is 2.29. The van der Waals surface area contributed by atoms with Crippen molar-refractivity contribution in [3.8, 4) is 5.75 Å². The van der Waals surface area contributed by atoms with E-state index < -0.39 is 0 Å². The van der Waals surface area contributed by atoms with Gasteiger partial charge in [-0.2, -0.15) is 0 Å². The molecule has 0 radical (unpaired) electrons. The largest absolute Gasteiger partial charge is 0.497 e. The van der Waals surface area contributed by atoms with Crippen LogP contribution in [0, 0.1) is 0 Å². The van der Waals surface area contributed by atoms with Crippen LogP contribution in [0.3, 0.4) is 0 Å². The Bertz CT molecular complexity index is 502. The van der Waals surface area contributed by atoms with Crippen molar-refractivity contribution in [2.45, 2.75) is 37.6 Å². The molecule has 2 bridgehead atoms. The monoisotopic (exact) mass is 302 g/mol. The minimum absolute atomic E-state index is 0.223. The molecule has 0 amide bonds. The molecule has 22 heavy (non-hydrogen) atoms. The van der Waals surface area contributed by atoms with Crippen molar-refractivity contribution >= 4 is 0 Å². The van der Waals surface area contributed by atoms with Crippen LogP contribution >= 0.6 is 0 Å². The summed E-state index contributed by atoms with van der Waals surface area (Å²) in [5, 5.41) is 10.5. The third-order valence-electron chi connectivity index (χ3n) is 5.00. The molecular weight excluding hydrogens is 276 g/mol. The van der Waals surface area contributed by atoms with Gasteiger partial charge in [-0.15, -0.1) is 6.58 Å². The molecule has 3 fully saturated rings. The summed E-state index contributed by atoms with van der Waals surface area (Å²) >= 11 is 0. The molecule has 4 nitrogen and oxygen atoms in total. The van der Waals surface area contributed by atoms with E-state index in [1.54, 1.807) is 7.11 Å². The van der Waals surface area contributed by atoms with Gasteiger partial charge in [0, 0.05) is 38.3 Å². The first-order chi connectivity index (χ1) is 10.7. The summed E-state index contributed by atoms with van der Waals surface area (Å²) in [7, 11) is 1.69. The maximum atomic E-state index is 10.5. The Hall–Kier alpha value is -1.36. The van der Waals surface area contributed by atoms with Gasteiger partial charge in [0.05, 0.1) is 13.2 Å². The predicted octanol–water partition coefficient (Wildman–Crippen LogP) is 1.89. The van der Waals surface area contributed by atoms with E-state index in [0.717, 1.165) is 44.8 Å². The van der Waals surface area contributed by atoms with Gasteiger partial charge >= 0.3 is 0 Å². The lowest BCUT2D eigenvalue weighted by molar-refractivity contribution is -0.00422. The molecule has 0 aromatic heterocycles. The Balaban J connectivity index is 1.72. The summed E-state index contributed by atoms with van der Waals surface area (Å²) in [6.07, 6.45) is 3.73. The first-order valence-corrected chi connectivity index (χ1v) is 8.11. The molecule has 3 aliphatic heterocycles. The number of piperazine rings is 1. The van der Waals surface area contributed by atoms with E-state index in [1.807, 2.05) is 18.2 Å². The van der Waals surface area contributed by atoms with Crippen LogP contribution < -0.4 is 4.74 Å². The average molecular weight is 302 g/mol. The highest BCUT2D eigenvalue weighted by atomic mass is 16.5. The minimum Gasteiger partial charge on any atom is -0.497 e. The Morgan fingerprint density at radius 2 is 2.00 bits per heavy atom. The van der Waals surface area contributed by atoms with Crippen LogP contribution in [-0.4, -0.2) is 59.8 Å². The fourth-order valence-corrected chi connectivity index (χ4v) is 3.76. The van der Waals surface area contributed by atoms with Crippen molar-refractivity contribution in [1.82, 2.24) is 9.80 Å². The van der Waals surface area contributed by atoms with Crippen LogP contribution in [0.25, 0.3) is 0 Å². The van der Waals surface area contributed by atoms with Crippen molar-refractivity contribution in [2.75, 3.05) is 26.7 Å². The number of benzene rings is 1. The summed E-state index contributed by atoms with van der Waals surface area (Å²) in [6, 6.07) is 9.00. The van der Waals surface area contributed by atoms with Gasteiger partial charge in [-0.05, 0) is 30.5 Å². The van der Waals surface area contributed by atoms with Crippen LogP contribution in [0.15, 0.2) is 36.9 Å². The Kier molecular flexibility index (Phi) is 4.81. The number of fused-ring (bicyclic) bond motifs is 4. The summed E-state index contributed by atoms with van der Waals surface area (Å²) in [5.74, 6) is 0.887. The molecule has 3 heterocycles. The second kappa shape index (κ2) is 6.82. The normalized spacial score (nSPS) is 29.3. The van der Waals surface area contributed by atoms with Gasteiger partial charge in [-0.3, -0.25) is 9.80 Å². The average Bonchev–Trinajstić information content (AvgIpc) is 2.78. The number of hydrogen-bond donors (Lipinski definition) is 1. The van der Waals surface area contributed by atoms with E-state index in [-0.39, 0.29) is 12.1 Å². The van der Waals surface area contributed by atoms with Gasteiger partial charge < -0.3 is 9.84 Å². The first-order valence-electron chi connectivity index (χ1n) is 8.11. The quantitative estimate of drug-likeness (QED) is 0.843. The maximum Gasteiger partial charge on any atom is 0.118 e. The second-order valence-corrected chi connectivity index (χ2v) is 6.39. The van der Waals surface area contributed by atoms with E-state index >= 15 is 0 Å². The van der Waals surface area contributed by atoms with Gasteiger partial charge in [0.15, 0.2) is 0 Å². The molecular formula is C18H26N2O2. The Morgan fingerprint density at radius 3 is 2.68 bits per heavy atom. The molecule has 0 spiro atoms. The fraction of sp³-hybridized carbons (Fsp3) is 0.556. The van der Waals surface area contributed by atoms with Crippen LogP contribution in [-0.2, 0) is 6.54 Å². The van der Waals surface area contributed by atoms with Crippen molar-refractivity contribution in [1.29, 1.82) is 0 Å². The lowest BCUT2D eigenvalue weighted by Gasteiger charge is -2.44. The molecule has 1 aromatic rings. The van der Waals surface area contributed by atoms with E-state index in [1.165, 1.54) is 5.56 Å².